The number of aryl methyl sites for hydroxylation is 3. The monoisotopic (exact) mass is 387 g/mol. The fraction of sp³-hybridized carbons (Fsp3) is 0.333. The van der Waals surface area contributed by atoms with Gasteiger partial charge in [0, 0.05) is 44.9 Å². The summed E-state index contributed by atoms with van der Waals surface area (Å²) in [4.78, 5) is 25.2. The first-order valence-electron chi connectivity index (χ1n) is 9.19. The van der Waals surface area contributed by atoms with Gasteiger partial charge in [-0.05, 0) is 24.6 Å². The number of hydrogen-bond acceptors (Lipinski definition) is 4. The van der Waals surface area contributed by atoms with E-state index < -0.39 is 5.82 Å². The molecule has 3 aromatic rings. The van der Waals surface area contributed by atoms with Crippen molar-refractivity contribution in [2.75, 3.05) is 11.9 Å². The van der Waals surface area contributed by atoms with E-state index in [2.05, 4.69) is 5.32 Å². The third-order valence-electron chi connectivity index (χ3n) is 4.39. The van der Waals surface area contributed by atoms with E-state index >= 15 is 0 Å². The molecule has 6 nitrogen and oxygen atoms in total. The number of aliphatic hydroxyl groups is 1. The molecule has 0 atom stereocenters. The summed E-state index contributed by atoms with van der Waals surface area (Å²) in [5.74, 6) is -0.470. The molecular weight excluding hydrogens is 361 g/mol. The number of benzene rings is 1. The summed E-state index contributed by atoms with van der Waals surface area (Å²) >= 11 is 0. The minimum atomic E-state index is -0.470. The standard InChI is InChI=1S/C19H20FN3O3.C2H6/c1-11-4-5-14(13(20)8-11)21-15-9-16(25)23(3)19-17(15)18(26)12(6-7-24)10-22(19)2;1-2/h4-5,8-10,21,24H,6-7H2,1-3H3;1-2H3. The molecule has 0 saturated carbocycles. The second kappa shape index (κ2) is 8.84. The van der Waals surface area contributed by atoms with Gasteiger partial charge in [0.2, 0.25) is 0 Å². The van der Waals surface area contributed by atoms with Crippen LogP contribution >= 0.6 is 0 Å². The number of fused-ring (bicyclic) bond motifs is 1. The fourth-order valence-corrected chi connectivity index (χ4v) is 3.10. The quantitative estimate of drug-likeness (QED) is 0.722. The summed E-state index contributed by atoms with van der Waals surface area (Å²) in [6, 6.07) is 5.96. The van der Waals surface area contributed by atoms with Gasteiger partial charge in [0.25, 0.3) is 5.56 Å². The Morgan fingerprint density at radius 1 is 1.11 bits per heavy atom. The van der Waals surface area contributed by atoms with Gasteiger partial charge in [0.15, 0.2) is 5.43 Å². The van der Waals surface area contributed by atoms with E-state index in [-0.39, 0.29) is 40.8 Å². The van der Waals surface area contributed by atoms with Gasteiger partial charge < -0.3 is 15.0 Å². The predicted molar refractivity (Wildman–Crippen MR) is 111 cm³/mol. The minimum absolute atomic E-state index is 0.165. The van der Waals surface area contributed by atoms with Gasteiger partial charge >= 0.3 is 0 Å². The first-order valence-corrected chi connectivity index (χ1v) is 9.19. The Labute approximate surface area is 162 Å². The van der Waals surface area contributed by atoms with E-state index in [4.69, 9.17) is 0 Å². The molecule has 0 radical (unpaired) electrons. The van der Waals surface area contributed by atoms with Crippen LogP contribution in [0.2, 0.25) is 0 Å². The highest BCUT2D eigenvalue weighted by Crippen LogP contribution is 2.25. The van der Waals surface area contributed by atoms with Gasteiger partial charge in [-0.1, -0.05) is 19.9 Å². The highest BCUT2D eigenvalue weighted by Gasteiger charge is 2.16. The maximum Gasteiger partial charge on any atom is 0.253 e. The van der Waals surface area contributed by atoms with E-state index in [1.807, 2.05) is 13.8 Å². The number of rotatable bonds is 4. The van der Waals surface area contributed by atoms with E-state index in [0.717, 1.165) is 5.56 Å². The lowest BCUT2D eigenvalue weighted by Crippen LogP contribution is -2.25. The Hall–Kier alpha value is -2.93. The molecule has 150 valence electrons. The zero-order valence-electron chi connectivity index (χ0n) is 16.8. The lowest BCUT2D eigenvalue weighted by atomic mass is 10.1. The van der Waals surface area contributed by atoms with Gasteiger partial charge in [-0.3, -0.25) is 14.2 Å². The maximum absolute atomic E-state index is 14.2. The number of aliphatic hydroxyl groups excluding tert-OH is 1. The van der Waals surface area contributed by atoms with Crippen LogP contribution in [0.5, 0.6) is 0 Å². The molecule has 0 saturated heterocycles. The SMILES string of the molecule is CC.Cc1ccc(Nc2cc(=O)n(C)c3c2c(=O)c(CCO)cn3C)c(F)c1. The predicted octanol–water partition coefficient (Wildman–Crippen LogP) is 2.99. The zero-order valence-corrected chi connectivity index (χ0v) is 16.8. The van der Waals surface area contributed by atoms with Gasteiger partial charge in [-0.25, -0.2) is 4.39 Å². The smallest absolute Gasteiger partial charge is 0.253 e. The zero-order chi connectivity index (χ0) is 21.0. The normalized spacial score (nSPS) is 10.5. The number of anilines is 2. The minimum Gasteiger partial charge on any atom is -0.396 e. The average Bonchev–Trinajstić information content (AvgIpc) is 2.66. The van der Waals surface area contributed by atoms with Crippen LogP contribution in [0.4, 0.5) is 15.8 Å². The second-order valence-electron chi connectivity index (χ2n) is 6.33. The molecule has 0 fully saturated rings. The van der Waals surface area contributed by atoms with Crippen molar-refractivity contribution in [3.05, 3.63) is 68.0 Å². The number of nitrogens with zero attached hydrogens (tertiary/aromatic N) is 2. The molecule has 0 amide bonds. The fourth-order valence-electron chi connectivity index (χ4n) is 3.10. The molecule has 0 unspecified atom stereocenters. The number of nitrogens with one attached hydrogen (secondary N) is 1. The molecule has 0 aliphatic heterocycles. The van der Waals surface area contributed by atoms with Crippen molar-refractivity contribution in [3.8, 4) is 0 Å². The molecule has 0 spiro atoms. The van der Waals surface area contributed by atoms with Crippen molar-refractivity contribution in [1.82, 2.24) is 9.13 Å². The Kier molecular flexibility index (Phi) is 6.75. The summed E-state index contributed by atoms with van der Waals surface area (Å²) in [5.41, 5.74) is 1.41. The second-order valence-corrected chi connectivity index (χ2v) is 6.33. The van der Waals surface area contributed by atoms with Crippen LogP contribution in [0.25, 0.3) is 11.0 Å². The number of pyridine rings is 2. The van der Waals surface area contributed by atoms with Crippen molar-refractivity contribution >= 4 is 22.4 Å². The van der Waals surface area contributed by atoms with Crippen LogP contribution in [0.15, 0.2) is 40.1 Å². The van der Waals surface area contributed by atoms with E-state index in [1.54, 1.807) is 43.9 Å². The van der Waals surface area contributed by atoms with Crippen LogP contribution in [-0.4, -0.2) is 20.8 Å². The largest absolute Gasteiger partial charge is 0.396 e. The Bertz CT molecular complexity index is 1120. The summed E-state index contributed by atoms with van der Waals surface area (Å²) < 4.78 is 17.3. The summed E-state index contributed by atoms with van der Waals surface area (Å²) in [7, 11) is 3.30. The van der Waals surface area contributed by atoms with Crippen LogP contribution < -0.4 is 16.3 Å². The van der Waals surface area contributed by atoms with Crippen molar-refractivity contribution in [3.63, 3.8) is 0 Å². The summed E-state index contributed by atoms with van der Waals surface area (Å²) in [5, 5.41) is 12.4. The molecule has 7 heteroatoms. The molecular formula is C21H26FN3O3. The van der Waals surface area contributed by atoms with E-state index in [9.17, 15) is 19.1 Å². The van der Waals surface area contributed by atoms with Crippen LogP contribution in [0.1, 0.15) is 25.0 Å². The van der Waals surface area contributed by atoms with Crippen LogP contribution in [-0.2, 0) is 20.5 Å². The lowest BCUT2D eigenvalue weighted by Gasteiger charge is -2.16. The first kappa shape index (κ1) is 21.4. The Morgan fingerprint density at radius 2 is 1.79 bits per heavy atom. The van der Waals surface area contributed by atoms with Gasteiger partial charge in [0.1, 0.15) is 11.5 Å². The highest BCUT2D eigenvalue weighted by atomic mass is 19.1. The highest BCUT2D eigenvalue weighted by molar-refractivity contribution is 5.91. The number of hydrogen-bond donors (Lipinski definition) is 2. The molecule has 3 rings (SSSR count). The third kappa shape index (κ3) is 3.99. The van der Waals surface area contributed by atoms with Crippen LogP contribution in [0, 0.1) is 12.7 Å². The molecule has 0 bridgehead atoms. The molecule has 0 aliphatic rings. The third-order valence-corrected chi connectivity index (χ3v) is 4.39. The van der Waals surface area contributed by atoms with Crippen molar-refractivity contribution < 1.29 is 9.50 Å². The van der Waals surface area contributed by atoms with Gasteiger partial charge in [-0.15, -0.1) is 0 Å². The Balaban J connectivity index is 0.00000136. The summed E-state index contributed by atoms with van der Waals surface area (Å²) in [6.07, 6.45) is 1.81. The molecule has 28 heavy (non-hydrogen) atoms. The first-order chi connectivity index (χ1) is 13.3. The molecule has 1 aromatic carbocycles. The summed E-state index contributed by atoms with van der Waals surface area (Å²) in [6.45, 7) is 5.61. The van der Waals surface area contributed by atoms with Crippen LogP contribution in [0.3, 0.4) is 0 Å². The number of aromatic nitrogens is 2. The molecule has 2 N–H and O–H groups in total. The molecule has 2 aromatic heterocycles. The maximum atomic E-state index is 14.2. The average molecular weight is 387 g/mol. The lowest BCUT2D eigenvalue weighted by molar-refractivity contribution is 0.299. The van der Waals surface area contributed by atoms with E-state index in [1.165, 1.54) is 16.7 Å². The Morgan fingerprint density at radius 3 is 2.39 bits per heavy atom. The van der Waals surface area contributed by atoms with Crippen molar-refractivity contribution in [2.24, 2.45) is 14.1 Å². The van der Waals surface area contributed by atoms with Crippen molar-refractivity contribution in [1.29, 1.82) is 0 Å². The number of halogens is 1. The van der Waals surface area contributed by atoms with E-state index in [0.29, 0.717) is 11.2 Å². The van der Waals surface area contributed by atoms with Crippen molar-refractivity contribution in [2.45, 2.75) is 27.2 Å². The molecule has 0 aliphatic carbocycles. The topological polar surface area (TPSA) is 76.3 Å². The van der Waals surface area contributed by atoms with Gasteiger partial charge in [0.05, 0.1) is 16.8 Å². The molecule has 2 heterocycles. The van der Waals surface area contributed by atoms with Gasteiger partial charge in [-0.2, -0.15) is 0 Å².